The molecular formula is C22H18ClNO3S. The molecule has 1 N–H and O–H groups in total. The molecule has 0 unspecified atom stereocenters. The predicted octanol–water partition coefficient (Wildman–Crippen LogP) is 5.19. The van der Waals surface area contributed by atoms with E-state index in [1.165, 1.54) is 0 Å². The molecule has 4 nitrogen and oxygen atoms in total. The van der Waals surface area contributed by atoms with E-state index in [9.17, 15) is 8.42 Å². The minimum absolute atomic E-state index is 0.455. The maximum absolute atomic E-state index is 11.6. The molecule has 6 heteroatoms. The number of hydrogen-bond donors (Lipinski definition) is 1. The molecule has 1 heterocycles. The summed E-state index contributed by atoms with van der Waals surface area (Å²) < 4.78 is 31.6. The summed E-state index contributed by atoms with van der Waals surface area (Å²) in [5, 5.41) is 0.614. The van der Waals surface area contributed by atoms with Gasteiger partial charge in [0.2, 0.25) is 10.0 Å². The predicted molar refractivity (Wildman–Crippen MR) is 114 cm³/mol. The fraction of sp³-hybridized carbons (Fsp3) is 0.0909. The third-order valence-electron chi connectivity index (χ3n) is 4.43. The van der Waals surface area contributed by atoms with E-state index in [0.29, 0.717) is 17.3 Å². The maximum Gasteiger partial charge on any atom is 0.229 e. The number of sulfonamides is 1. The van der Waals surface area contributed by atoms with Crippen molar-refractivity contribution in [3.8, 4) is 5.75 Å². The molecule has 28 heavy (non-hydrogen) atoms. The average Bonchev–Trinajstić information content (AvgIpc) is 2.78. The highest BCUT2D eigenvalue weighted by atomic mass is 35.5. The Hall–Kier alpha value is -2.76. The summed E-state index contributed by atoms with van der Waals surface area (Å²) in [4.78, 5) is 0. The molecule has 0 aromatic heterocycles. The molecule has 0 atom stereocenters. The molecule has 3 aromatic rings. The van der Waals surface area contributed by atoms with Crippen LogP contribution >= 0.6 is 11.6 Å². The molecule has 0 radical (unpaired) electrons. The summed E-state index contributed by atoms with van der Waals surface area (Å²) in [5.41, 5.74) is 5.48. The lowest BCUT2D eigenvalue weighted by molar-refractivity contribution is 0.307. The van der Waals surface area contributed by atoms with Gasteiger partial charge < -0.3 is 4.74 Å². The average molecular weight is 412 g/mol. The van der Waals surface area contributed by atoms with Gasteiger partial charge in [0.25, 0.3) is 0 Å². The first-order valence-corrected chi connectivity index (χ1v) is 11.0. The first-order chi connectivity index (χ1) is 13.4. The van der Waals surface area contributed by atoms with Crippen LogP contribution in [-0.2, 0) is 16.6 Å². The Balaban J connectivity index is 1.88. The first-order valence-electron chi connectivity index (χ1n) is 8.70. The fourth-order valence-electron chi connectivity index (χ4n) is 3.28. The number of anilines is 1. The second-order valence-electron chi connectivity index (χ2n) is 6.64. The smallest absolute Gasteiger partial charge is 0.229 e. The number of halogens is 1. The number of ether oxygens (including phenoxy) is 1. The van der Waals surface area contributed by atoms with Crippen LogP contribution in [0.2, 0.25) is 5.02 Å². The lowest BCUT2D eigenvalue weighted by Gasteiger charge is -2.11. The summed E-state index contributed by atoms with van der Waals surface area (Å²) in [5.74, 6) is 0.723. The standard InChI is InChI=1S/C22H18ClNO3S/c1-28(25,26)24-18-7-4-5-15(11-18)12-21-19-8-3-2-6-16(19)14-27-22-13-17(23)9-10-20(21)22/h2-13,24H,14H2,1H3/b21-12-. The van der Waals surface area contributed by atoms with E-state index in [2.05, 4.69) is 10.8 Å². The quantitative estimate of drug-likeness (QED) is 0.645. The Morgan fingerprint density at radius 3 is 2.64 bits per heavy atom. The monoisotopic (exact) mass is 411 g/mol. The van der Waals surface area contributed by atoms with Crippen molar-refractivity contribution >= 4 is 39.0 Å². The molecular weight excluding hydrogens is 394 g/mol. The largest absolute Gasteiger partial charge is 0.488 e. The van der Waals surface area contributed by atoms with E-state index in [1.54, 1.807) is 12.1 Å². The number of rotatable bonds is 3. The van der Waals surface area contributed by atoms with Crippen molar-refractivity contribution in [1.82, 2.24) is 0 Å². The van der Waals surface area contributed by atoms with Gasteiger partial charge in [-0.2, -0.15) is 0 Å². The van der Waals surface area contributed by atoms with Crippen LogP contribution in [0.4, 0.5) is 5.69 Å². The van der Waals surface area contributed by atoms with Crippen LogP contribution in [0.15, 0.2) is 66.7 Å². The van der Waals surface area contributed by atoms with Crippen molar-refractivity contribution < 1.29 is 13.2 Å². The van der Waals surface area contributed by atoms with Gasteiger partial charge in [-0.1, -0.05) is 48.0 Å². The molecule has 0 bridgehead atoms. The molecule has 4 rings (SSSR count). The highest BCUT2D eigenvalue weighted by molar-refractivity contribution is 7.92. The van der Waals surface area contributed by atoms with Crippen LogP contribution in [0.25, 0.3) is 11.6 Å². The van der Waals surface area contributed by atoms with Gasteiger partial charge in [-0.05, 0) is 58.7 Å². The van der Waals surface area contributed by atoms with Gasteiger partial charge in [-0.25, -0.2) is 8.42 Å². The molecule has 0 amide bonds. The Bertz CT molecular complexity index is 1190. The minimum atomic E-state index is -3.34. The molecule has 0 spiro atoms. The number of fused-ring (bicyclic) bond motifs is 2. The fourth-order valence-corrected chi connectivity index (χ4v) is 3.99. The van der Waals surface area contributed by atoms with Crippen molar-refractivity contribution in [1.29, 1.82) is 0 Å². The third kappa shape index (κ3) is 4.06. The number of hydrogen-bond acceptors (Lipinski definition) is 3. The van der Waals surface area contributed by atoms with Crippen molar-refractivity contribution in [2.24, 2.45) is 0 Å². The Kier molecular flexibility index (Phi) is 4.87. The Labute approximate surface area is 169 Å². The van der Waals surface area contributed by atoms with Crippen LogP contribution < -0.4 is 9.46 Å². The molecule has 142 valence electrons. The van der Waals surface area contributed by atoms with E-state index in [4.69, 9.17) is 16.3 Å². The van der Waals surface area contributed by atoms with E-state index in [1.807, 2.05) is 54.6 Å². The van der Waals surface area contributed by atoms with Gasteiger partial charge in [-0.15, -0.1) is 0 Å². The van der Waals surface area contributed by atoms with E-state index >= 15 is 0 Å². The van der Waals surface area contributed by atoms with E-state index < -0.39 is 10.0 Å². The molecule has 0 fully saturated rings. The van der Waals surface area contributed by atoms with Gasteiger partial charge in [-0.3, -0.25) is 4.72 Å². The first kappa shape index (κ1) is 18.6. The normalized spacial score (nSPS) is 14.6. The van der Waals surface area contributed by atoms with Crippen LogP contribution in [0.5, 0.6) is 5.75 Å². The molecule has 0 saturated heterocycles. The SMILES string of the molecule is CS(=O)(=O)Nc1cccc(/C=C2/c3ccccc3COc3cc(Cl)ccc32)c1. The number of benzene rings is 3. The van der Waals surface area contributed by atoms with Crippen LogP contribution in [0.1, 0.15) is 22.3 Å². The van der Waals surface area contributed by atoms with Crippen molar-refractivity contribution in [3.05, 3.63) is 94.0 Å². The number of nitrogens with one attached hydrogen (secondary N) is 1. The van der Waals surface area contributed by atoms with Gasteiger partial charge in [0.1, 0.15) is 12.4 Å². The lowest BCUT2D eigenvalue weighted by atomic mass is 9.92. The molecule has 0 aliphatic carbocycles. The third-order valence-corrected chi connectivity index (χ3v) is 5.27. The zero-order chi connectivity index (χ0) is 19.7. The van der Waals surface area contributed by atoms with Gasteiger partial charge in [0.15, 0.2) is 0 Å². The van der Waals surface area contributed by atoms with Crippen molar-refractivity contribution in [3.63, 3.8) is 0 Å². The second kappa shape index (κ2) is 7.34. The lowest BCUT2D eigenvalue weighted by Crippen LogP contribution is -2.09. The summed E-state index contributed by atoms with van der Waals surface area (Å²) in [7, 11) is -3.34. The van der Waals surface area contributed by atoms with Gasteiger partial charge in [0.05, 0.1) is 6.26 Å². The van der Waals surface area contributed by atoms with Gasteiger partial charge in [0, 0.05) is 16.3 Å². The molecule has 1 aliphatic rings. The van der Waals surface area contributed by atoms with E-state index in [0.717, 1.165) is 39.8 Å². The van der Waals surface area contributed by atoms with Crippen LogP contribution in [0.3, 0.4) is 0 Å². The Morgan fingerprint density at radius 2 is 1.82 bits per heavy atom. The summed E-state index contributed by atoms with van der Waals surface area (Å²) >= 11 is 6.17. The summed E-state index contributed by atoms with van der Waals surface area (Å²) in [6.45, 7) is 0.455. The zero-order valence-corrected chi connectivity index (χ0v) is 16.7. The molecule has 0 saturated carbocycles. The van der Waals surface area contributed by atoms with Crippen LogP contribution in [-0.4, -0.2) is 14.7 Å². The summed E-state index contributed by atoms with van der Waals surface area (Å²) in [6.07, 6.45) is 3.17. The molecule has 3 aromatic carbocycles. The second-order valence-corrected chi connectivity index (χ2v) is 8.83. The minimum Gasteiger partial charge on any atom is -0.488 e. The van der Waals surface area contributed by atoms with Gasteiger partial charge >= 0.3 is 0 Å². The van der Waals surface area contributed by atoms with Crippen molar-refractivity contribution in [2.75, 3.05) is 11.0 Å². The zero-order valence-electron chi connectivity index (χ0n) is 15.1. The highest BCUT2D eigenvalue weighted by Gasteiger charge is 2.19. The Morgan fingerprint density at radius 1 is 1.00 bits per heavy atom. The maximum atomic E-state index is 11.6. The highest BCUT2D eigenvalue weighted by Crippen LogP contribution is 2.39. The topological polar surface area (TPSA) is 55.4 Å². The molecule has 1 aliphatic heterocycles. The summed E-state index contributed by atoms with van der Waals surface area (Å²) in [6, 6.07) is 21.0. The van der Waals surface area contributed by atoms with E-state index in [-0.39, 0.29) is 0 Å². The van der Waals surface area contributed by atoms with Crippen LogP contribution in [0, 0.1) is 0 Å². The van der Waals surface area contributed by atoms with Crippen molar-refractivity contribution in [2.45, 2.75) is 6.61 Å².